The van der Waals surface area contributed by atoms with Crippen molar-refractivity contribution in [1.29, 1.82) is 0 Å². The van der Waals surface area contributed by atoms with Gasteiger partial charge in [0, 0.05) is 13.1 Å². The summed E-state index contributed by atoms with van der Waals surface area (Å²) in [7, 11) is 0. The molecule has 128 valence electrons. The van der Waals surface area contributed by atoms with Crippen LogP contribution in [0.25, 0.3) is 0 Å². The topological polar surface area (TPSA) is 65.1 Å². The lowest BCUT2D eigenvalue weighted by Gasteiger charge is -2.19. The summed E-state index contributed by atoms with van der Waals surface area (Å²) in [5.74, 6) is 0.520. The van der Waals surface area contributed by atoms with E-state index in [0.717, 1.165) is 5.56 Å². The van der Waals surface area contributed by atoms with Crippen molar-refractivity contribution in [2.75, 3.05) is 32.9 Å². The Bertz CT molecular complexity index is 616. The van der Waals surface area contributed by atoms with Crippen LogP contribution < -0.4 is 9.47 Å². The predicted molar refractivity (Wildman–Crippen MR) is 89.1 cm³/mol. The van der Waals surface area contributed by atoms with Crippen molar-refractivity contribution in [3.8, 4) is 11.5 Å². The van der Waals surface area contributed by atoms with E-state index in [1.165, 1.54) is 4.90 Å². The van der Waals surface area contributed by atoms with Crippen molar-refractivity contribution in [2.24, 2.45) is 0 Å². The fourth-order valence-electron chi connectivity index (χ4n) is 2.24. The second-order valence-electron chi connectivity index (χ2n) is 5.19. The first-order valence-corrected chi connectivity index (χ1v) is 7.67. The zero-order valence-corrected chi connectivity index (χ0v) is 13.5. The van der Waals surface area contributed by atoms with E-state index < -0.39 is 5.97 Å². The van der Waals surface area contributed by atoms with E-state index in [0.29, 0.717) is 37.8 Å². The summed E-state index contributed by atoms with van der Waals surface area (Å²) < 4.78 is 16.0. The van der Waals surface area contributed by atoms with Crippen LogP contribution in [0.3, 0.4) is 0 Å². The van der Waals surface area contributed by atoms with Gasteiger partial charge in [-0.05, 0) is 17.7 Å². The van der Waals surface area contributed by atoms with Crippen LogP contribution in [-0.4, -0.2) is 49.7 Å². The average molecular weight is 331 g/mol. The van der Waals surface area contributed by atoms with E-state index in [1.807, 2.05) is 0 Å². The molecule has 0 fully saturated rings. The molecule has 0 aromatic heterocycles. The van der Waals surface area contributed by atoms with Crippen molar-refractivity contribution in [3.63, 3.8) is 0 Å². The van der Waals surface area contributed by atoms with Gasteiger partial charge in [-0.3, -0.25) is 9.59 Å². The van der Waals surface area contributed by atoms with Crippen LogP contribution in [0.15, 0.2) is 43.5 Å². The molecule has 0 saturated carbocycles. The average Bonchev–Trinajstić information content (AvgIpc) is 2.59. The van der Waals surface area contributed by atoms with Crippen molar-refractivity contribution >= 4 is 11.9 Å². The number of benzene rings is 1. The Balaban J connectivity index is 1.85. The monoisotopic (exact) mass is 331 g/mol. The van der Waals surface area contributed by atoms with Crippen molar-refractivity contribution in [3.05, 3.63) is 49.1 Å². The summed E-state index contributed by atoms with van der Waals surface area (Å²) in [6.07, 6.45) is 3.28. The Labute approximate surface area is 141 Å². The van der Waals surface area contributed by atoms with Gasteiger partial charge in [-0.25, -0.2) is 0 Å². The smallest absolute Gasteiger partial charge is 0.310 e. The second kappa shape index (κ2) is 8.76. The minimum atomic E-state index is -0.475. The quantitative estimate of drug-likeness (QED) is 0.536. The van der Waals surface area contributed by atoms with E-state index in [9.17, 15) is 9.59 Å². The molecular weight excluding hydrogens is 310 g/mol. The van der Waals surface area contributed by atoms with Gasteiger partial charge >= 0.3 is 5.97 Å². The van der Waals surface area contributed by atoms with E-state index in [1.54, 1.807) is 30.4 Å². The molecule has 0 N–H and O–H groups in total. The second-order valence-corrected chi connectivity index (χ2v) is 5.19. The van der Waals surface area contributed by atoms with Gasteiger partial charge in [-0.15, -0.1) is 13.2 Å². The van der Waals surface area contributed by atoms with Gasteiger partial charge in [0.2, 0.25) is 0 Å². The van der Waals surface area contributed by atoms with Crippen LogP contribution in [0.1, 0.15) is 5.56 Å². The Morgan fingerprint density at radius 3 is 2.46 bits per heavy atom. The summed E-state index contributed by atoms with van der Waals surface area (Å²) >= 11 is 0. The van der Waals surface area contributed by atoms with Gasteiger partial charge in [0.05, 0.1) is 6.42 Å². The van der Waals surface area contributed by atoms with Crippen LogP contribution >= 0.6 is 0 Å². The summed E-state index contributed by atoms with van der Waals surface area (Å²) in [6, 6.07) is 5.29. The first-order valence-electron chi connectivity index (χ1n) is 7.67. The third-order valence-electron chi connectivity index (χ3n) is 3.36. The van der Waals surface area contributed by atoms with Crippen molar-refractivity contribution in [2.45, 2.75) is 6.42 Å². The number of hydrogen-bond donors (Lipinski definition) is 0. The number of esters is 1. The maximum Gasteiger partial charge on any atom is 0.310 e. The number of carbonyl (C=O) groups is 2. The zero-order chi connectivity index (χ0) is 17.4. The van der Waals surface area contributed by atoms with Gasteiger partial charge in [0.25, 0.3) is 5.91 Å². The summed E-state index contributed by atoms with van der Waals surface area (Å²) in [4.78, 5) is 25.4. The Morgan fingerprint density at radius 2 is 1.79 bits per heavy atom. The molecule has 1 aliphatic heterocycles. The van der Waals surface area contributed by atoms with Crippen LogP contribution in [0, 0.1) is 0 Å². The summed E-state index contributed by atoms with van der Waals surface area (Å²) in [6.45, 7) is 8.65. The molecule has 0 aliphatic carbocycles. The lowest BCUT2D eigenvalue weighted by molar-refractivity contribution is -0.151. The molecule has 0 radical (unpaired) electrons. The molecule has 1 heterocycles. The highest BCUT2D eigenvalue weighted by molar-refractivity contribution is 5.81. The van der Waals surface area contributed by atoms with Crippen molar-refractivity contribution in [1.82, 2.24) is 4.90 Å². The van der Waals surface area contributed by atoms with Crippen LogP contribution in [0.2, 0.25) is 0 Å². The van der Waals surface area contributed by atoms with Gasteiger partial charge in [0.1, 0.15) is 13.2 Å². The minimum absolute atomic E-state index is 0.0623. The number of nitrogens with zero attached hydrogens (tertiary/aromatic N) is 1. The standard InChI is InChI=1S/C18H21NO5/c1-3-7-19(8-4-2)17(20)13-24-18(21)12-14-5-6-15-16(11-14)23-10-9-22-15/h3-6,11H,1-2,7-10,12-13H2. The van der Waals surface area contributed by atoms with Crippen molar-refractivity contribution < 1.29 is 23.8 Å². The molecular formula is C18H21NO5. The van der Waals surface area contributed by atoms with Gasteiger partial charge in [-0.2, -0.15) is 0 Å². The number of rotatable bonds is 8. The van der Waals surface area contributed by atoms with Crippen LogP contribution in [-0.2, 0) is 20.7 Å². The largest absolute Gasteiger partial charge is 0.486 e. The highest BCUT2D eigenvalue weighted by Crippen LogP contribution is 2.30. The van der Waals surface area contributed by atoms with Gasteiger partial charge in [-0.1, -0.05) is 18.2 Å². The number of fused-ring (bicyclic) bond motifs is 1. The highest BCUT2D eigenvalue weighted by atomic mass is 16.6. The lowest BCUT2D eigenvalue weighted by atomic mass is 10.1. The normalized spacial score (nSPS) is 12.2. The molecule has 0 bridgehead atoms. The molecule has 0 atom stereocenters. The molecule has 6 nitrogen and oxygen atoms in total. The molecule has 2 rings (SSSR count). The first-order chi connectivity index (χ1) is 11.6. The highest BCUT2D eigenvalue weighted by Gasteiger charge is 2.16. The summed E-state index contributed by atoms with van der Waals surface area (Å²) in [5.41, 5.74) is 0.741. The molecule has 1 aromatic rings. The van der Waals surface area contributed by atoms with Crippen LogP contribution in [0.4, 0.5) is 0 Å². The number of amides is 1. The minimum Gasteiger partial charge on any atom is -0.486 e. The molecule has 0 unspecified atom stereocenters. The van der Waals surface area contributed by atoms with Gasteiger partial charge in [0.15, 0.2) is 18.1 Å². The number of carbonyl (C=O) groups excluding carboxylic acids is 2. The molecule has 0 saturated heterocycles. The Kier molecular flexibility index (Phi) is 6.42. The summed E-state index contributed by atoms with van der Waals surface area (Å²) in [5, 5.41) is 0. The Hall–Kier alpha value is -2.76. The molecule has 1 amide bonds. The van der Waals surface area contributed by atoms with E-state index in [2.05, 4.69) is 13.2 Å². The van der Waals surface area contributed by atoms with E-state index in [4.69, 9.17) is 14.2 Å². The third kappa shape index (κ3) is 4.87. The maximum absolute atomic E-state index is 12.0. The fraction of sp³-hybridized carbons (Fsp3) is 0.333. The van der Waals surface area contributed by atoms with E-state index in [-0.39, 0.29) is 18.9 Å². The maximum atomic E-state index is 12.0. The molecule has 1 aromatic carbocycles. The predicted octanol–water partition coefficient (Wildman–Crippen LogP) is 1.74. The van der Waals surface area contributed by atoms with Gasteiger partial charge < -0.3 is 19.1 Å². The fourth-order valence-corrected chi connectivity index (χ4v) is 2.24. The first kappa shape index (κ1) is 17.6. The number of ether oxygens (including phenoxy) is 3. The lowest BCUT2D eigenvalue weighted by Crippen LogP contribution is -2.35. The van der Waals surface area contributed by atoms with Crippen LogP contribution in [0.5, 0.6) is 11.5 Å². The SMILES string of the molecule is C=CCN(CC=C)C(=O)COC(=O)Cc1ccc2c(c1)OCCO2. The molecule has 1 aliphatic rings. The molecule has 24 heavy (non-hydrogen) atoms. The Morgan fingerprint density at radius 1 is 1.12 bits per heavy atom. The third-order valence-corrected chi connectivity index (χ3v) is 3.36. The van der Waals surface area contributed by atoms with E-state index >= 15 is 0 Å². The molecule has 0 spiro atoms. The zero-order valence-electron chi connectivity index (χ0n) is 13.5. The number of hydrogen-bond acceptors (Lipinski definition) is 5. The molecule has 6 heteroatoms.